The molecule has 0 radical (unpaired) electrons. The minimum absolute atomic E-state index is 0.151. The van der Waals surface area contributed by atoms with Crippen LogP contribution in [-0.4, -0.2) is 116 Å². The van der Waals surface area contributed by atoms with Gasteiger partial charge in [-0.3, -0.25) is 0 Å². The summed E-state index contributed by atoms with van der Waals surface area (Å²) >= 11 is 0. The fraction of sp³-hybridized carbons (Fsp3) is 0.905. The zero-order valence-corrected chi connectivity index (χ0v) is 18.4. The van der Waals surface area contributed by atoms with Crippen molar-refractivity contribution in [1.29, 1.82) is 0 Å². The molecule has 3 rings (SSSR count). The Labute approximate surface area is 186 Å². The molecule has 32 heavy (non-hydrogen) atoms. The highest BCUT2D eigenvalue weighted by atomic mass is 16.7. The monoisotopic (exact) mass is 464 g/mol. The van der Waals surface area contributed by atoms with Crippen LogP contribution in [0.25, 0.3) is 0 Å². The van der Waals surface area contributed by atoms with Gasteiger partial charge in [-0.05, 0) is 44.6 Å². The average molecular weight is 465 g/mol. The van der Waals surface area contributed by atoms with E-state index in [-0.39, 0.29) is 25.7 Å². The van der Waals surface area contributed by atoms with E-state index < -0.39 is 60.9 Å². The van der Waals surface area contributed by atoms with Gasteiger partial charge in [0.25, 0.3) is 0 Å². The molecule has 0 aromatic rings. The molecular weight excluding hydrogens is 428 g/mol. The molecule has 0 aromatic heterocycles. The number of hydrogen-bond acceptors (Lipinski definition) is 11. The Hall–Kier alpha value is -0.700. The highest BCUT2D eigenvalue weighted by Crippen LogP contribution is 2.32. The first kappa shape index (κ1) is 25.9. The first-order valence-electron chi connectivity index (χ1n) is 11.0. The van der Waals surface area contributed by atoms with E-state index in [1.54, 1.807) is 13.8 Å². The summed E-state index contributed by atoms with van der Waals surface area (Å²) in [6.07, 6.45) is -8.08. The molecule has 11 nitrogen and oxygen atoms in total. The first-order chi connectivity index (χ1) is 15.0. The van der Waals surface area contributed by atoms with Crippen molar-refractivity contribution in [3.63, 3.8) is 0 Å². The fourth-order valence-corrected chi connectivity index (χ4v) is 4.16. The second-order valence-corrected chi connectivity index (χ2v) is 9.40. The van der Waals surface area contributed by atoms with Crippen LogP contribution >= 0.6 is 0 Å². The van der Waals surface area contributed by atoms with Gasteiger partial charge in [-0.15, -0.1) is 0 Å². The number of allylic oxidation sites excluding steroid dienone is 1. The normalized spacial score (nSPS) is 43.7. The maximum atomic E-state index is 10.2. The zero-order chi connectivity index (χ0) is 23.6. The molecule has 2 fully saturated rings. The molecule has 2 aliphatic heterocycles. The molecule has 0 spiro atoms. The van der Waals surface area contributed by atoms with E-state index in [1.165, 1.54) is 0 Å². The van der Waals surface area contributed by atoms with Crippen molar-refractivity contribution in [3.8, 4) is 0 Å². The van der Waals surface area contributed by atoms with Crippen molar-refractivity contribution in [2.75, 3.05) is 19.8 Å². The largest absolute Gasteiger partial charge is 0.390 e. The number of rotatable bonds is 7. The number of hydrogen-bond donors (Lipinski definition) is 7. The topological polar surface area (TPSA) is 179 Å². The minimum Gasteiger partial charge on any atom is -0.390 e. The van der Waals surface area contributed by atoms with Gasteiger partial charge in [-0.2, -0.15) is 0 Å². The third kappa shape index (κ3) is 6.05. The summed E-state index contributed by atoms with van der Waals surface area (Å²) in [5.41, 5.74) is 0.226. The van der Waals surface area contributed by atoms with Gasteiger partial charge < -0.3 is 54.7 Å². The Bertz CT molecular complexity index is 636. The van der Waals surface area contributed by atoms with Crippen LogP contribution in [0.4, 0.5) is 0 Å². The van der Waals surface area contributed by atoms with Gasteiger partial charge in [0.1, 0.15) is 42.7 Å². The SMILES string of the molecule is CC(C)(O)[C@H]1CC=C(COC2O[C@@H](CO[C@H]3OC[C@H](O)[C@@H](O)[C@@H]3O)[C@H](O)[C@@H](O)[C@@H]2O)CC1. The molecule has 0 bridgehead atoms. The van der Waals surface area contributed by atoms with Gasteiger partial charge in [-0.25, -0.2) is 0 Å². The maximum absolute atomic E-state index is 10.2. The van der Waals surface area contributed by atoms with E-state index in [1.807, 2.05) is 6.08 Å². The summed E-state index contributed by atoms with van der Waals surface area (Å²) < 4.78 is 21.8. The molecule has 7 N–H and O–H groups in total. The lowest BCUT2D eigenvalue weighted by Crippen LogP contribution is -2.60. The van der Waals surface area contributed by atoms with Crippen molar-refractivity contribution >= 4 is 0 Å². The van der Waals surface area contributed by atoms with Gasteiger partial charge in [0.2, 0.25) is 0 Å². The Balaban J connectivity index is 1.52. The van der Waals surface area contributed by atoms with Crippen LogP contribution in [0.2, 0.25) is 0 Å². The smallest absolute Gasteiger partial charge is 0.187 e. The van der Waals surface area contributed by atoms with Crippen molar-refractivity contribution in [2.24, 2.45) is 5.92 Å². The standard InChI is InChI=1S/C21H36O11/c1-21(2,28)11-5-3-10(4-6-11)7-29-20-18(27)16(25)15(24)13(32-20)9-31-19-17(26)14(23)12(22)8-30-19/h3,11-20,22-28H,4-9H2,1-2H3/t11-,12-,13-,14+,15-,16+,17-,18-,19+,20?/m0/s1. The highest BCUT2D eigenvalue weighted by Gasteiger charge is 2.46. The number of aliphatic hydroxyl groups is 7. The van der Waals surface area contributed by atoms with Crippen molar-refractivity contribution < 1.29 is 54.7 Å². The van der Waals surface area contributed by atoms with Crippen LogP contribution in [-0.2, 0) is 18.9 Å². The Morgan fingerprint density at radius 2 is 1.62 bits per heavy atom. The second-order valence-electron chi connectivity index (χ2n) is 9.40. The minimum atomic E-state index is -1.55. The molecule has 2 heterocycles. The molecule has 0 aromatic carbocycles. The van der Waals surface area contributed by atoms with Crippen LogP contribution in [0.15, 0.2) is 11.6 Å². The van der Waals surface area contributed by atoms with Crippen LogP contribution in [0.1, 0.15) is 33.1 Å². The van der Waals surface area contributed by atoms with Crippen molar-refractivity contribution in [3.05, 3.63) is 11.6 Å². The highest BCUT2D eigenvalue weighted by molar-refractivity contribution is 5.09. The molecule has 3 aliphatic rings. The third-order valence-corrected chi connectivity index (χ3v) is 6.48. The first-order valence-corrected chi connectivity index (χ1v) is 11.0. The number of aliphatic hydroxyl groups excluding tert-OH is 6. The van der Waals surface area contributed by atoms with Crippen LogP contribution < -0.4 is 0 Å². The van der Waals surface area contributed by atoms with Crippen molar-refractivity contribution in [1.82, 2.24) is 0 Å². The molecular formula is C21H36O11. The van der Waals surface area contributed by atoms with E-state index in [0.717, 1.165) is 18.4 Å². The van der Waals surface area contributed by atoms with Gasteiger partial charge >= 0.3 is 0 Å². The quantitative estimate of drug-likeness (QED) is 0.203. The van der Waals surface area contributed by atoms with Crippen LogP contribution in [0.5, 0.6) is 0 Å². The lowest BCUT2D eigenvalue weighted by molar-refractivity contribution is -0.319. The average Bonchev–Trinajstić information content (AvgIpc) is 2.75. The lowest BCUT2D eigenvalue weighted by atomic mass is 9.80. The molecule has 186 valence electrons. The Morgan fingerprint density at radius 3 is 2.25 bits per heavy atom. The van der Waals surface area contributed by atoms with Gasteiger partial charge in [0, 0.05) is 0 Å². The molecule has 0 saturated carbocycles. The van der Waals surface area contributed by atoms with E-state index >= 15 is 0 Å². The summed E-state index contributed by atoms with van der Waals surface area (Å²) in [4.78, 5) is 0. The Kier molecular flexibility index (Phi) is 8.67. The Morgan fingerprint density at radius 1 is 0.938 bits per heavy atom. The molecule has 1 aliphatic carbocycles. The van der Waals surface area contributed by atoms with Gasteiger partial charge in [-0.1, -0.05) is 6.08 Å². The predicted octanol–water partition coefficient (Wildman–Crippen LogP) is -2.24. The summed E-state index contributed by atoms with van der Waals surface area (Å²) in [7, 11) is 0. The summed E-state index contributed by atoms with van der Waals surface area (Å²) in [6.45, 7) is 3.16. The van der Waals surface area contributed by atoms with E-state index in [9.17, 15) is 35.7 Å². The molecule has 2 saturated heterocycles. The summed E-state index contributed by atoms with van der Waals surface area (Å²) in [6, 6.07) is 0. The summed E-state index contributed by atoms with van der Waals surface area (Å²) in [5, 5.41) is 70.0. The summed E-state index contributed by atoms with van der Waals surface area (Å²) in [5.74, 6) is 0.151. The molecule has 1 unspecified atom stereocenters. The zero-order valence-electron chi connectivity index (χ0n) is 18.4. The molecule has 11 heteroatoms. The van der Waals surface area contributed by atoms with Crippen LogP contribution in [0, 0.1) is 5.92 Å². The van der Waals surface area contributed by atoms with E-state index in [4.69, 9.17) is 18.9 Å². The van der Waals surface area contributed by atoms with E-state index in [0.29, 0.717) is 6.42 Å². The molecule has 10 atom stereocenters. The molecule has 0 amide bonds. The van der Waals surface area contributed by atoms with E-state index in [2.05, 4.69) is 0 Å². The fourth-order valence-electron chi connectivity index (χ4n) is 4.16. The predicted molar refractivity (Wildman–Crippen MR) is 108 cm³/mol. The van der Waals surface area contributed by atoms with Gasteiger partial charge in [0.15, 0.2) is 12.6 Å². The third-order valence-electron chi connectivity index (χ3n) is 6.48. The lowest BCUT2D eigenvalue weighted by Gasteiger charge is -2.41. The number of ether oxygens (including phenoxy) is 4. The van der Waals surface area contributed by atoms with Crippen LogP contribution in [0.3, 0.4) is 0 Å². The van der Waals surface area contributed by atoms with Crippen molar-refractivity contribution in [2.45, 2.75) is 94.0 Å². The van der Waals surface area contributed by atoms with Gasteiger partial charge in [0.05, 0.1) is 25.4 Å². The maximum Gasteiger partial charge on any atom is 0.187 e. The second kappa shape index (κ2) is 10.7.